The predicted octanol–water partition coefficient (Wildman–Crippen LogP) is 1.45. The summed E-state index contributed by atoms with van der Waals surface area (Å²) in [5.41, 5.74) is 6.80. The fraction of sp³-hybridized carbons (Fsp3) is 0.667. The fourth-order valence-electron chi connectivity index (χ4n) is 1.98. The van der Waals surface area contributed by atoms with Gasteiger partial charge in [-0.05, 0) is 43.3 Å². The second-order valence-electron chi connectivity index (χ2n) is 3.61. The van der Waals surface area contributed by atoms with Crippen molar-refractivity contribution in [2.75, 3.05) is 6.54 Å². The van der Waals surface area contributed by atoms with Crippen molar-refractivity contribution in [2.45, 2.75) is 25.8 Å². The topological polar surface area (TPSA) is 43.8 Å². The van der Waals surface area contributed by atoms with Crippen LogP contribution in [-0.2, 0) is 13.0 Å². The van der Waals surface area contributed by atoms with Crippen LogP contribution >= 0.6 is 11.6 Å². The summed E-state index contributed by atoms with van der Waals surface area (Å²) in [7, 11) is 0. The smallest absolute Gasteiger partial charge is 0.202 e. The van der Waals surface area contributed by atoms with E-state index in [4.69, 9.17) is 17.3 Å². The van der Waals surface area contributed by atoms with Gasteiger partial charge >= 0.3 is 0 Å². The van der Waals surface area contributed by atoms with Crippen LogP contribution in [-0.4, -0.2) is 16.1 Å². The lowest BCUT2D eigenvalue weighted by atomic mass is 9.93. The number of halogens is 1. The van der Waals surface area contributed by atoms with E-state index in [2.05, 4.69) is 9.55 Å². The van der Waals surface area contributed by atoms with Crippen molar-refractivity contribution in [3.8, 4) is 0 Å². The minimum atomic E-state index is 0.626. The molecule has 72 valence electrons. The minimum Gasteiger partial charge on any atom is -0.330 e. The maximum atomic E-state index is 5.91. The molecule has 0 amide bonds. The van der Waals surface area contributed by atoms with Gasteiger partial charge in [0.1, 0.15) is 0 Å². The van der Waals surface area contributed by atoms with Crippen LogP contribution in [0, 0.1) is 5.92 Å². The molecule has 1 aromatic heterocycles. The summed E-state index contributed by atoms with van der Waals surface area (Å²) in [6, 6.07) is 0. The van der Waals surface area contributed by atoms with E-state index < -0.39 is 0 Å². The molecule has 0 saturated carbocycles. The highest BCUT2D eigenvalue weighted by molar-refractivity contribution is 6.28. The number of hydrogen-bond acceptors (Lipinski definition) is 2. The molecule has 2 rings (SSSR count). The van der Waals surface area contributed by atoms with Gasteiger partial charge in [-0.1, -0.05) is 0 Å². The molecule has 3 nitrogen and oxygen atoms in total. The summed E-state index contributed by atoms with van der Waals surface area (Å²) in [6.07, 6.45) is 5.25. The van der Waals surface area contributed by atoms with Gasteiger partial charge < -0.3 is 10.3 Å². The quantitative estimate of drug-likeness (QED) is 0.784. The molecular weight excluding hydrogens is 186 g/mol. The highest BCUT2D eigenvalue weighted by atomic mass is 35.5. The average molecular weight is 200 g/mol. The van der Waals surface area contributed by atoms with Crippen molar-refractivity contribution in [1.82, 2.24) is 9.55 Å². The van der Waals surface area contributed by atoms with Crippen molar-refractivity contribution in [3.63, 3.8) is 0 Å². The maximum Gasteiger partial charge on any atom is 0.202 e. The molecule has 0 aliphatic carbocycles. The molecule has 1 aliphatic heterocycles. The zero-order chi connectivity index (χ0) is 9.26. The van der Waals surface area contributed by atoms with E-state index in [0.717, 1.165) is 31.8 Å². The first-order chi connectivity index (χ1) is 6.31. The maximum absolute atomic E-state index is 5.91. The number of imidazole rings is 1. The van der Waals surface area contributed by atoms with Gasteiger partial charge in [-0.3, -0.25) is 0 Å². The summed E-state index contributed by atoms with van der Waals surface area (Å²) < 4.78 is 2.09. The lowest BCUT2D eigenvalue weighted by molar-refractivity contribution is 0.372. The Morgan fingerprint density at radius 2 is 2.54 bits per heavy atom. The predicted molar refractivity (Wildman–Crippen MR) is 52.7 cm³/mol. The van der Waals surface area contributed by atoms with E-state index in [-0.39, 0.29) is 0 Å². The monoisotopic (exact) mass is 199 g/mol. The van der Waals surface area contributed by atoms with Gasteiger partial charge in [0, 0.05) is 18.4 Å². The van der Waals surface area contributed by atoms with E-state index in [0.29, 0.717) is 5.28 Å². The third-order valence-corrected chi connectivity index (χ3v) is 3.02. The normalized spacial score (nSPS) is 21.5. The van der Waals surface area contributed by atoms with Crippen molar-refractivity contribution >= 4 is 11.6 Å². The second kappa shape index (κ2) is 3.68. The van der Waals surface area contributed by atoms with Crippen molar-refractivity contribution in [2.24, 2.45) is 11.7 Å². The molecule has 0 radical (unpaired) electrons. The summed E-state index contributed by atoms with van der Waals surface area (Å²) in [4.78, 5) is 4.09. The molecule has 1 aromatic rings. The Morgan fingerprint density at radius 1 is 1.69 bits per heavy atom. The van der Waals surface area contributed by atoms with Crippen LogP contribution in [0.3, 0.4) is 0 Å². The molecule has 2 N–H and O–H groups in total. The summed E-state index contributed by atoms with van der Waals surface area (Å²) >= 11 is 5.91. The van der Waals surface area contributed by atoms with Crippen LogP contribution in [0.25, 0.3) is 0 Å². The van der Waals surface area contributed by atoms with Gasteiger partial charge in [0.05, 0.1) is 0 Å². The Balaban J connectivity index is 2.11. The first kappa shape index (κ1) is 9.03. The number of rotatable bonds is 2. The summed E-state index contributed by atoms with van der Waals surface area (Å²) in [5.74, 6) is 0.727. The zero-order valence-corrected chi connectivity index (χ0v) is 8.30. The summed E-state index contributed by atoms with van der Waals surface area (Å²) in [6.45, 7) is 1.78. The Bertz CT molecular complexity index is 295. The molecule has 1 atom stereocenters. The third kappa shape index (κ3) is 1.71. The number of fused-ring (bicyclic) bond motifs is 1. The highest BCUT2D eigenvalue weighted by Crippen LogP contribution is 2.25. The molecule has 0 spiro atoms. The Morgan fingerprint density at radius 3 is 3.31 bits per heavy atom. The summed E-state index contributed by atoms with van der Waals surface area (Å²) in [5, 5.41) is 0.626. The first-order valence-electron chi connectivity index (χ1n) is 4.71. The SMILES string of the molecule is NCCC1CCn2c(cnc2Cl)C1. The molecule has 0 aromatic carbocycles. The van der Waals surface area contributed by atoms with Gasteiger partial charge in [-0.25, -0.2) is 4.98 Å². The Kier molecular flexibility index (Phi) is 2.56. The molecule has 0 fully saturated rings. The molecule has 1 unspecified atom stereocenters. The van der Waals surface area contributed by atoms with Crippen LogP contribution in [0.15, 0.2) is 6.20 Å². The van der Waals surface area contributed by atoms with Crippen LogP contribution in [0.5, 0.6) is 0 Å². The van der Waals surface area contributed by atoms with Crippen LogP contribution in [0.4, 0.5) is 0 Å². The van der Waals surface area contributed by atoms with E-state index in [9.17, 15) is 0 Å². The molecule has 1 aliphatic rings. The van der Waals surface area contributed by atoms with Crippen molar-refractivity contribution < 1.29 is 0 Å². The Hall–Kier alpha value is -0.540. The lowest BCUT2D eigenvalue weighted by Gasteiger charge is -2.23. The van der Waals surface area contributed by atoms with E-state index in [1.807, 2.05) is 6.20 Å². The molecule has 0 bridgehead atoms. The first-order valence-corrected chi connectivity index (χ1v) is 5.09. The average Bonchev–Trinajstić information content (AvgIpc) is 2.48. The van der Waals surface area contributed by atoms with Gasteiger partial charge in [0.2, 0.25) is 5.28 Å². The molecule has 2 heterocycles. The second-order valence-corrected chi connectivity index (χ2v) is 3.94. The number of hydrogen-bond donors (Lipinski definition) is 1. The van der Waals surface area contributed by atoms with Crippen molar-refractivity contribution in [3.05, 3.63) is 17.2 Å². The molecule has 0 saturated heterocycles. The van der Waals surface area contributed by atoms with Gasteiger partial charge in [-0.15, -0.1) is 0 Å². The zero-order valence-electron chi connectivity index (χ0n) is 7.54. The van der Waals surface area contributed by atoms with E-state index in [1.54, 1.807) is 0 Å². The van der Waals surface area contributed by atoms with Crippen LogP contribution in [0.2, 0.25) is 5.28 Å². The number of nitrogens with two attached hydrogens (primary N) is 1. The molecular formula is C9H14ClN3. The molecule has 13 heavy (non-hydrogen) atoms. The minimum absolute atomic E-state index is 0.626. The standard InChI is InChI=1S/C9H14ClN3/c10-9-12-6-8-5-7(1-3-11)2-4-13(8)9/h6-7H,1-5,11H2. The van der Waals surface area contributed by atoms with E-state index >= 15 is 0 Å². The Labute approximate surface area is 82.9 Å². The molecule has 4 heteroatoms. The number of nitrogens with zero attached hydrogens (tertiary/aromatic N) is 2. The lowest BCUT2D eigenvalue weighted by Crippen LogP contribution is -2.21. The van der Waals surface area contributed by atoms with Crippen LogP contribution in [0.1, 0.15) is 18.5 Å². The van der Waals surface area contributed by atoms with E-state index in [1.165, 1.54) is 12.1 Å². The largest absolute Gasteiger partial charge is 0.330 e. The van der Waals surface area contributed by atoms with Gasteiger partial charge in [0.25, 0.3) is 0 Å². The van der Waals surface area contributed by atoms with Crippen molar-refractivity contribution in [1.29, 1.82) is 0 Å². The number of aromatic nitrogens is 2. The highest BCUT2D eigenvalue weighted by Gasteiger charge is 2.19. The van der Waals surface area contributed by atoms with Gasteiger partial charge in [0.15, 0.2) is 0 Å². The van der Waals surface area contributed by atoms with Gasteiger partial charge in [-0.2, -0.15) is 0 Å². The fourth-order valence-corrected chi connectivity index (χ4v) is 2.22. The van der Waals surface area contributed by atoms with Crippen LogP contribution < -0.4 is 5.73 Å². The third-order valence-electron chi connectivity index (χ3n) is 2.72.